The molecule has 0 aromatic carbocycles. The highest BCUT2D eigenvalue weighted by molar-refractivity contribution is 5.85. The van der Waals surface area contributed by atoms with Crippen molar-refractivity contribution in [1.82, 2.24) is 5.32 Å². The summed E-state index contributed by atoms with van der Waals surface area (Å²) in [4.78, 5) is 10.7. The van der Waals surface area contributed by atoms with Crippen LogP contribution in [0, 0.1) is 0 Å². The summed E-state index contributed by atoms with van der Waals surface area (Å²) in [5.41, 5.74) is 0. The zero-order valence-corrected chi connectivity index (χ0v) is 6.33. The maximum Gasteiger partial charge on any atom is 0.149 e. The van der Waals surface area contributed by atoms with Gasteiger partial charge in [-0.1, -0.05) is 0 Å². The van der Waals surface area contributed by atoms with Crippen molar-refractivity contribution in [3.05, 3.63) is 0 Å². The average molecular weight is 150 g/mol. The third kappa shape index (κ3) is 1.95. The van der Waals surface area contributed by atoms with Crippen LogP contribution in [-0.4, -0.2) is 18.9 Å². The van der Waals surface area contributed by atoms with Gasteiger partial charge in [0.1, 0.15) is 5.78 Å². The first kappa shape index (κ1) is 8.92. The minimum Gasteiger partial charge on any atom is -0.311 e. The average Bonchev–Trinajstić information content (AvgIpc) is 2.14. The van der Waals surface area contributed by atoms with Gasteiger partial charge >= 0.3 is 0 Å². The summed E-state index contributed by atoms with van der Waals surface area (Å²) >= 11 is 0. The molecule has 1 N–H and O–H groups in total. The number of hydrogen-bond acceptors (Lipinski definition) is 2. The van der Waals surface area contributed by atoms with Gasteiger partial charge in [0, 0.05) is 6.42 Å². The molecule has 0 amide bonds. The molecule has 1 rings (SSSR count). The summed E-state index contributed by atoms with van der Waals surface area (Å²) in [6.45, 7) is 0. The smallest absolute Gasteiger partial charge is 0.149 e. The Bertz CT molecular complexity index is 105. The molecule has 0 aliphatic heterocycles. The van der Waals surface area contributed by atoms with Crippen LogP contribution in [0.1, 0.15) is 19.3 Å². The fourth-order valence-corrected chi connectivity index (χ4v) is 1.12. The first-order valence-electron chi connectivity index (χ1n) is 3.04. The molecule has 0 aromatic heterocycles. The zero-order valence-electron chi connectivity index (χ0n) is 5.52. The monoisotopic (exact) mass is 149 g/mol. The van der Waals surface area contributed by atoms with Crippen molar-refractivity contribution in [2.75, 3.05) is 7.05 Å². The highest BCUT2D eigenvalue weighted by Crippen LogP contribution is 2.12. The molecule has 54 valence electrons. The van der Waals surface area contributed by atoms with Crippen LogP contribution in [-0.2, 0) is 4.79 Å². The molecule has 1 fully saturated rings. The molecule has 0 radical (unpaired) electrons. The van der Waals surface area contributed by atoms with Crippen LogP contribution in [0.25, 0.3) is 0 Å². The van der Waals surface area contributed by atoms with Crippen molar-refractivity contribution in [1.29, 1.82) is 0 Å². The number of nitrogens with one attached hydrogen (secondary N) is 1. The molecule has 0 saturated heterocycles. The van der Waals surface area contributed by atoms with Gasteiger partial charge in [0.05, 0.1) is 6.04 Å². The molecule has 1 unspecified atom stereocenters. The Balaban J connectivity index is 0.000000640. The van der Waals surface area contributed by atoms with Crippen LogP contribution in [0.3, 0.4) is 0 Å². The van der Waals surface area contributed by atoms with Crippen molar-refractivity contribution in [3.8, 4) is 0 Å². The summed E-state index contributed by atoms with van der Waals surface area (Å²) in [7, 11) is 1.84. The molecule has 0 heterocycles. The van der Waals surface area contributed by atoms with E-state index >= 15 is 0 Å². The van der Waals surface area contributed by atoms with E-state index in [9.17, 15) is 4.79 Å². The molecule has 9 heavy (non-hydrogen) atoms. The largest absolute Gasteiger partial charge is 0.311 e. The van der Waals surface area contributed by atoms with E-state index in [0.29, 0.717) is 5.78 Å². The fraction of sp³-hybridized carbons (Fsp3) is 0.833. The highest BCUT2D eigenvalue weighted by Gasteiger charge is 2.21. The van der Waals surface area contributed by atoms with Crippen LogP contribution in [0.5, 0.6) is 0 Å². The molecule has 1 aliphatic rings. The van der Waals surface area contributed by atoms with E-state index in [-0.39, 0.29) is 18.4 Å². The maximum absolute atomic E-state index is 10.7. The van der Waals surface area contributed by atoms with Gasteiger partial charge in [-0.3, -0.25) is 4.79 Å². The van der Waals surface area contributed by atoms with Crippen LogP contribution >= 0.6 is 12.4 Å². The predicted molar refractivity (Wildman–Crippen MR) is 39.0 cm³/mol. The second kappa shape index (κ2) is 3.85. The molecule has 0 spiro atoms. The van der Waals surface area contributed by atoms with Gasteiger partial charge < -0.3 is 5.32 Å². The van der Waals surface area contributed by atoms with Crippen molar-refractivity contribution >= 4 is 18.2 Å². The summed E-state index contributed by atoms with van der Waals surface area (Å²) in [6, 6.07) is 0.176. The molecule has 1 saturated carbocycles. The SMILES string of the molecule is CNC1CCCC1=O.Cl. The van der Waals surface area contributed by atoms with E-state index in [4.69, 9.17) is 0 Å². The Labute approximate surface area is 61.4 Å². The molecule has 1 aliphatic carbocycles. The summed E-state index contributed by atoms with van der Waals surface area (Å²) in [5.74, 6) is 0.382. The normalized spacial score (nSPS) is 25.9. The third-order valence-electron chi connectivity index (χ3n) is 1.65. The lowest BCUT2D eigenvalue weighted by atomic mass is 10.2. The summed E-state index contributed by atoms with van der Waals surface area (Å²) < 4.78 is 0. The molecule has 2 nitrogen and oxygen atoms in total. The molecule has 0 aromatic rings. The quantitative estimate of drug-likeness (QED) is 0.596. The van der Waals surface area contributed by atoms with Crippen molar-refractivity contribution in [2.24, 2.45) is 0 Å². The van der Waals surface area contributed by atoms with Crippen molar-refractivity contribution < 1.29 is 4.79 Å². The Morgan fingerprint density at radius 3 is 2.56 bits per heavy atom. The lowest BCUT2D eigenvalue weighted by molar-refractivity contribution is -0.118. The minimum atomic E-state index is 0. The molecule has 0 bridgehead atoms. The first-order valence-corrected chi connectivity index (χ1v) is 3.04. The van der Waals surface area contributed by atoms with Crippen LogP contribution in [0.15, 0.2) is 0 Å². The maximum atomic E-state index is 10.7. The number of carbonyl (C=O) groups excluding carboxylic acids is 1. The van der Waals surface area contributed by atoms with Crippen molar-refractivity contribution in [2.45, 2.75) is 25.3 Å². The van der Waals surface area contributed by atoms with E-state index in [1.807, 2.05) is 7.05 Å². The second-order valence-corrected chi connectivity index (χ2v) is 2.20. The standard InChI is InChI=1S/C6H11NO.ClH/c1-7-5-3-2-4-6(5)8;/h5,7H,2-4H2,1H3;1H. The van der Waals surface area contributed by atoms with Crippen LogP contribution in [0.4, 0.5) is 0 Å². The number of Topliss-reactive ketones (excluding diaryl/α,β-unsaturated/α-hetero) is 1. The van der Waals surface area contributed by atoms with Gasteiger partial charge in [0.2, 0.25) is 0 Å². The van der Waals surface area contributed by atoms with E-state index in [2.05, 4.69) is 5.32 Å². The van der Waals surface area contributed by atoms with Gasteiger partial charge in [-0.15, -0.1) is 12.4 Å². The fourth-order valence-electron chi connectivity index (χ4n) is 1.12. The third-order valence-corrected chi connectivity index (χ3v) is 1.65. The number of halogens is 1. The lowest BCUT2D eigenvalue weighted by Gasteiger charge is -2.02. The molecular formula is C6H12ClNO. The number of rotatable bonds is 1. The van der Waals surface area contributed by atoms with E-state index in [1.54, 1.807) is 0 Å². The number of hydrogen-bond donors (Lipinski definition) is 1. The minimum absolute atomic E-state index is 0. The Morgan fingerprint density at radius 1 is 1.67 bits per heavy atom. The van der Waals surface area contributed by atoms with Gasteiger partial charge in [0.25, 0.3) is 0 Å². The van der Waals surface area contributed by atoms with Crippen LogP contribution in [0.2, 0.25) is 0 Å². The summed E-state index contributed by atoms with van der Waals surface area (Å²) in [5, 5.41) is 2.96. The van der Waals surface area contributed by atoms with Crippen LogP contribution < -0.4 is 5.32 Å². The second-order valence-electron chi connectivity index (χ2n) is 2.20. The highest BCUT2D eigenvalue weighted by atomic mass is 35.5. The van der Waals surface area contributed by atoms with E-state index < -0.39 is 0 Å². The zero-order chi connectivity index (χ0) is 5.98. The van der Waals surface area contributed by atoms with E-state index in [0.717, 1.165) is 19.3 Å². The first-order chi connectivity index (χ1) is 3.84. The molecule has 3 heteroatoms. The molecular weight excluding hydrogens is 138 g/mol. The number of likely N-dealkylation sites (N-methyl/N-ethyl adjacent to an activating group) is 1. The Hall–Kier alpha value is -0.0800. The molecule has 1 atom stereocenters. The van der Waals surface area contributed by atoms with Gasteiger partial charge in [-0.2, -0.15) is 0 Å². The Kier molecular flexibility index (Phi) is 3.82. The summed E-state index contributed by atoms with van der Waals surface area (Å²) in [6.07, 6.45) is 2.89. The number of carbonyl (C=O) groups is 1. The predicted octanol–water partition coefficient (Wildman–Crippen LogP) is 0.749. The topological polar surface area (TPSA) is 29.1 Å². The van der Waals surface area contributed by atoms with Gasteiger partial charge in [-0.25, -0.2) is 0 Å². The van der Waals surface area contributed by atoms with Gasteiger partial charge in [0.15, 0.2) is 0 Å². The van der Waals surface area contributed by atoms with E-state index in [1.165, 1.54) is 0 Å². The Morgan fingerprint density at radius 2 is 2.33 bits per heavy atom. The lowest BCUT2D eigenvalue weighted by Crippen LogP contribution is -2.28. The van der Waals surface area contributed by atoms with Crippen molar-refractivity contribution in [3.63, 3.8) is 0 Å². The van der Waals surface area contributed by atoms with Gasteiger partial charge in [-0.05, 0) is 19.9 Å². The number of ketones is 1.